The van der Waals surface area contributed by atoms with Gasteiger partial charge in [0.25, 0.3) is 0 Å². The molecule has 1 atom stereocenters. The summed E-state index contributed by atoms with van der Waals surface area (Å²) in [5.74, 6) is 0. The summed E-state index contributed by atoms with van der Waals surface area (Å²) in [6.07, 6.45) is 1.20. The Balaban J connectivity index is 2.34. The van der Waals surface area contributed by atoms with E-state index < -0.39 is 6.10 Å². The van der Waals surface area contributed by atoms with Gasteiger partial charge in [0.2, 0.25) is 0 Å². The molecule has 0 aromatic heterocycles. The largest absolute Gasteiger partial charge is 0.388 e. The van der Waals surface area contributed by atoms with E-state index in [1.807, 2.05) is 30.3 Å². The molecular formula is C14H22O2. The molecule has 0 amide bonds. The van der Waals surface area contributed by atoms with Crippen molar-refractivity contribution in [1.82, 2.24) is 0 Å². The predicted octanol–water partition coefficient (Wildman–Crippen LogP) is 3.32. The third-order valence-electron chi connectivity index (χ3n) is 2.92. The lowest BCUT2D eigenvalue weighted by Gasteiger charge is -2.24. The van der Waals surface area contributed by atoms with Gasteiger partial charge in [0.15, 0.2) is 0 Å². The van der Waals surface area contributed by atoms with Crippen LogP contribution >= 0.6 is 0 Å². The number of hydrogen-bond donors (Lipinski definition) is 1. The number of aliphatic hydroxyl groups excluding tert-OH is 1. The number of benzene rings is 1. The topological polar surface area (TPSA) is 29.5 Å². The van der Waals surface area contributed by atoms with Gasteiger partial charge in [-0.15, -0.1) is 0 Å². The average molecular weight is 222 g/mol. The Morgan fingerprint density at radius 1 is 1.25 bits per heavy atom. The molecule has 1 aromatic carbocycles. The first kappa shape index (κ1) is 13.2. The van der Waals surface area contributed by atoms with Crippen molar-refractivity contribution in [3.8, 4) is 0 Å². The average Bonchev–Trinajstić information content (AvgIpc) is 2.30. The summed E-state index contributed by atoms with van der Waals surface area (Å²) in [5, 5.41) is 9.91. The monoisotopic (exact) mass is 222 g/mol. The Morgan fingerprint density at radius 3 is 2.44 bits per heavy atom. The van der Waals surface area contributed by atoms with Crippen LogP contribution < -0.4 is 0 Å². The van der Waals surface area contributed by atoms with Crippen LogP contribution in [0.15, 0.2) is 30.3 Å². The molecule has 0 bridgehead atoms. The van der Waals surface area contributed by atoms with Crippen molar-refractivity contribution in [2.24, 2.45) is 0 Å². The van der Waals surface area contributed by atoms with Crippen LogP contribution in [0.4, 0.5) is 0 Å². The zero-order chi connectivity index (χ0) is 12.0. The van der Waals surface area contributed by atoms with Crippen LogP contribution in [0, 0.1) is 0 Å². The Morgan fingerprint density at radius 2 is 1.88 bits per heavy atom. The molecule has 0 aliphatic heterocycles. The lowest BCUT2D eigenvalue weighted by atomic mass is 10.1. The van der Waals surface area contributed by atoms with E-state index in [1.165, 1.54) is 0 Å². The number of ether oxygens (including phenoxy) is 1. The van der Waals surface area contributed by atoms with Crippen LogP contribution in [0.3, 0.4) is 0 Å². The first-order valence-electron chi connectivity index (χ1n) is 5.92. The van der Waals surface area contributed by atoms with Gasteiger partial charge in [-0.05, 0) is 25.8 Å². The first-order valence-corrected chi connectivity index (χ1v) is 5.92. The highest BCUT2D eigenvalue weighted by molar-refractivity contribution is 5.17. The molecule has 0 saturated carbocycles. The molecule has 0 saturated heterocycles. The van der Waals surface area contributed by atoms with Crippen molar-refractivity contribution in [3.05, 3.63) is 35.9 Å². The second-order valence-corrected chi connectivity index (χ2v) is 4.68. The van der Waals surface area contributed by atoms with Gasteiger partial charge < -0.3 is 9.84 Å². The molecule has 1 unspecified atom stereocenters. The van der Waals surface area contributed by atoms with Crippen molar-refractivity contribution in [1.29, 1.82) is 0 Å². The summed E-state index contributed by atoms with van der Waals surface area (Å²) >= 11 is 0. The Kier molecular flexibility index (Phi) is 4.97. The molecule has 1 rings (SSSR count). The first-order chi connectivity index (χ1) is 7.55. The van der Waals surface area contributed by atoms with E-state index in [4.69, 9.17) is 4.74 Å². The fraction of sp³-hybridized carbons (Fsp3) is 0.571. The van der Waals surface area contributed by atoms with Gasteiger partial charge in [-0.1, -0.05) is 37.3 Å². The minimum Gasteiger partial charge on any atom is -0.388 e. The summed E-state index contributed by atoms with van der Waals surface area (Å²) in [6, 6.07) is 9.71. The highest BCUT2D eigenvalue weighted by Crippen LogP contribution is 2.19. The molecule has 2 heteroatoms. The number of rotatable bonds is 6. The lowest BCUT2D eigenvalue weighted by molar-refractivity contribution is -0.0335. The summed E-state index contributed by atoms with van der Waals surface area (Å²) in [5.41, 5.74) is 0.872. The van der Waals surface area contributed by atoms with Crippen molar-refractivity contribution in [2.75, 3.05) is 6.61 Å². The highest BCUT2D eigenvalue weighted by Gasteiger charge is 2.16. The second-order valence-electron chi connectivity index (χ2n) is 4.68. The Labute approximate surface area is 98.3 Å². The SMILES string of the molecule is CCC(C)(C)OCCC(O)c1ccccc1. The predicted molar refractivity (Wildman–Crippen MR) is 66.3 cm³/mol. The maximum atomic E-state index is 9.91. The lowest BCUT2D eigenvalue weighted by Crippen LogP contribution is -2.24. The van der Waals surface area contributed by atoms with E-state index in [0.717, 1.165) is 12.0 Å². The maximum Gasteiger partial charge on any atom is 0.0812 e. The second kappa shape index (κ2) is 6.02. The van der Waals surface area contributed by atoms with Crippen LogP contribution in [-0.4, -0.2) is 17.3 Å². The minimum absolute atomic E-state index is 0.0869. The van der Waals surface area contributed by atoms with Gasteiger partial charge in [0, 0.05) is 6.42 Å². The third-order valence-corrected chi connectivity index (χ3v) is 2.92. The van der Waals surface area contributed by atoms with E-state index in [1.54, 1.807) is 0 Å². The summed E-state index contributed by atoms with van der Waals surface area (Å²) in [6.45, 7) is 6.84. The minimum atomic E-state index is -0.422. The highest BCUT2D eigenvalue weighted by atomic mass is 16.5. The molecular weight excluding hydrogens is 200 g/mol. The zero-order valence-electron chi connectivity index (χ0n) is 10.4. The van der Waals surface area contributed by atoms with Gasteiger partial charge in [-0.3, -0.25) is 0 Å². The van der Waals surface area contributed by atoms with Crippen LogP contribution in [0.25, 0.3) is 0 Å². The summed E-state index contributed by atoms with van der Waals surface area (Å²) in [7, 11) is 0. The quantitative estimate of drug-likeness (QED) is 0.800. The number of hydrogen-bond acceptors (Lipinski definition) is 2. The van der Waals surface area contributed by atoms with Gasteiger partial charge in [0.05, 0.1) is 18.3 Å². The fourth-order valence-electron chi connectivity index (χ4n) is 1.39. The molecule has 16 heavy (non-hydrogen) atoms. The van der Waals surface area contributed by atoms with Gasteiger partial charge in [0.1, 0.15) is 0 Å². The molecule has 0 aliphatic carbocycles. The van der Waals surface area contributed by atoms with E-state index in [-0.39, 0.29) is 5.60 Å². The van der Waals surface area contributed by atoms with Crippen LogP contribution in [-0.2, 0) is 4.74 Å². The molecule has 0 aliphatic rings. The smallest absolute Gasteiger partial charge is 0.0812 e. The van der Waals surface area contributed by atoms with Crippen molar-refractivity contribution >= 4 is 0 Å². The molecule has 90 valence electrons. The Hall–Kier alpha value is -0.860. The molecule has 2 nitrogen and oxygen atoms in total. The molecule has 0 fully saturated rings. The van der Waals surface area contributed by atoms with Crippen LogP contribution in [0.5, 0.6) is 0 Å². The molecule has 1 aromatic rings. The third kappa shape index (κ3) is 4.33. The molecule has 0 heterocycles. The fourth-order valence-corrected chi connectivity index (χ4v) is 1.39. The zero-order valence-corrected chi connectivity index (χ0v) is 10.4. The molecule has 1 N–H and O–H groups in total. The van der Waals surface area contributed by atoms with Crippen molar-refractivity contribution < 1.29 is 9.84 Å². The Bertz CT molecular complexity index is 293. The van der Waals surface area contributed by atoms with E-state index in [0.29, 0.717) is 13.0 Å². The summed E-state index contributed by atoms with van der Waals surface area (Å²) < 4.78 is 5.71. The van der Waals surface area contributed by atoms with Crippen molar-refractivity contribution in [2.45, 2.75) is 45.3 Å². The van der Waals surface area contributed by atoms with E-state index in [9.17, 15) is 5.11 Å². The van der Waals surface area contributed by atoms with Gasteiger partial charge in [-0.25, -0.2) is 0 Å². The number of aliphatic hydroxyl groups is 1. The normalized spacial score (nSPS) is 13.8. The maximum absolute atomic E-state index is 9.91. The van der Waals surface area contributed by atoms with E-state index >= 15 is 0 Å². The standard InChI is InChI=1S/C14H22O2/c1-4-14(2,3)16-11-10-13(15)12-8-6-5-7-9-12/h5-9,13,15H,4,10-11H2,1-3H3. The molecule has 0 radical (unpaired) electrons. The molecule has 0 spiro atoms. The van der Waals surface area contributed by atoms with Crippen LogP contribution in [0.2, 0.25) is 0 Å². The summed E-state index contributed by atoms with van der Waals surface area (Å²) in [4.78, 5) is 0. The van der Waals surface area contributed by atoms with Gasteiger partial charge in [-0.2, -0.15) is 0 Å². The van der Waals surface area contributed by atoms with E-state index in [2.05, 4.69) is 20.8 Å². The van der Waals surface area contributed by atoms with Gasteiger partial charge >= 0.3 is 0 Å². The van der Waals surface area contributed by atoms with Crippen LogP contribution in [0.1, 0.15) is 45.3 Å². The van der Waals surface area contributed by atoms with Crippen molar-refractivity contribution in [3.63, 3.8) is 0 Å².